The normalized spacial score (nSPS) is 11.1. The molecule has 0 saturated carbocycles. The number of carbonyl (C=O) groups excluding carboxylic acids is 1. The van der Waals surface area contributed by atoms with Crippen molar-refractivity contribution in [3.05, 3.63) is 64.1 Å². The molecular weight excluding hydrogens is 337 g/mol. The van der Waals surface area contributed by atoms with Gasteiger partial charge in [-0.25, -0.2) is 0 Å². The van der Waals surface area contributed by atoms with E-state index in [1.165, 1.54) is 0 Å². The molecule has 0 aliphatic heterocycles. The summed E-state index contributed by atoms with van der Waals surface area (Å²) in [7, 11) is 0. The molecule has 2 rings (SSSR count). The van der Waals surface area contributed by atoms with Gasteiger partial charge >= 0.3 is 0 Å². The van der Waals surface area contributed by atoms with Crippen molar-refractivity contribution < 1.29 is 9.63 Å². The van der Waals surface area contributed by atoms with Crippen LogP contribution in [-0.2, 0) is 16.2 Å². The number of para-hydroxylation sites is 1. The predicted octanol–water partition coefficient (Wildman–Crippen LogP) is 3.81. The number of nitrogens with one attached hydrogen (secondary N) is 1. The SMILES string of the molecule is NC(CC(=O)Nc1ccccc1Cl)=NOCc1cccc(Cl)c1. The van der Waals surface area contributed by atoms with Crippen LogP contribution in [0.3, 0.4) is 0 Å². The second-order valence-corrected chi connectivity index (χ2v) is 5.53. The number of carbonyl (C=O) groups is 1. The summed E-state index contributed by atoms with van der Waals surface area (Å²) in [6.07, 6.45) is -0.0965. The maximum Gasteiger partial charge on any atom is 0.232 e. The van der Waals surface area contributed by atoms with Crippen molar-refractivity contribution in [3.63, 3.8) is 0 Å². The van der Waals surface area contributed by atoms with E-state index in [2.05, 4.69) is 10.5 Å². The summed E-state index contributed by atoms with van der Waals surface area (Å²) in [6, 6.07) is 14.1. The average Bonchev–Trinajstić information content (AvgIpc) is 2.49. The summed E-state index contributed by atoms with van der Waals surface area (Å²) in [5.41, 5.74) is 7.04. The van der Waals surface area contributed by atoms with Crippen molar-refractivity contribution in [2.75, 3.05) is 5.32 Å². The van der Waals surface area contributed by atoms with Crippen molar-refractivity contribution in [1.29, 1.82) is 0 Å². The molecule has 0 bridgehead atoms. The third kappa shape index (κ3) is 5.81. The number of hydrogen-bond acceptors (Lipinski definition) is 3. The van der Waals surface area contributed by atoms with E-state index in [1.54, 1.807) is 36.4 Å². The number of benzene rings is 2. The quantitative estimate of drug-likeness (QED) is 0.471. The van der Waals surface area contributed by atoms with Crippen LogP contribution in [0.4, 0.5) is 5.69 Å². The molecule has 23 heavy (non-hydrogen) atoms. The summed E-state index contributed by atoms with van der Waals surface area (Å²) in [4.78, 5) is 17.0. The first-order valence-electron chi connectivity index (χ1n) is 6.77. The molecule has 0 spiro atoms. The molecule has 2 aromatic rings. The van der Waals surface area contributed by atoms with Gasteiger partial charge in [-0.3, -0.25) is 4.79 Å². The van der Waals surface area contributed by atoms with E-state index >= 15 is 0 Å². The number of nitrogens with zero attached hydrogens (tertiary/aromatic N) is 1. The average molecular weight is 352 g/mol. The highest BCUT2D eigenvalue weighted by molar-refractivity contribution is 6.33. The second kappa shape index (κ2) is 8.41. The Kier molecular flexibility index (Phi) is 6.26. The second-order valence-electron chi connectivity index (χ2n) is 4.69. The standard InChI is InChI=1S/C16H15Cl2N3O2/c17-12-5-3-4-11(8-12)10-23-21-15(19)9-16(22)20-14-7-2-1-6-13(14)18/h1-8H,9-10H2,(H2,19,21)(H,20,22). The van der Waals surface area contributed by atoms with Crippen LogP contribution in [0.5, 0.6) is 0 Å². The Hall–Kier alpha value is -2.24. The lowest BCUT2D eigenvalue weighted by Crippen LogP contribution is -2.22. The minimum absolute atomic E-state index is 0.0663. The van der Waals surface area contributed by atoms with Crippen LogP contribution in [0, 0.1) is 0 Å². The van der Waals surface area contributed by atoms with E-state index in [0.717, 1.165) is 5.56 Å². The molecule has 0 aromatic heterocycles. The van der Waals surface area contributed by atoms with Gasteiger partial charge in [0.25, 0.3) is 0 Å². The molecule has 0 fully saturated rings. The highest BCUT2D eigenvalue weighted by atomic mass is 35.5. The van der Waals surface area contributed by atoms with Gasteiger partial charge in [0.15, 0.2) is 0 Å². The van der Waals surface area contributed by atoms with E-state index < -0.39 is 0 Å². The molecule has 5 nitrogen and oxygen atoms in total. The van der Waals surface area contributed by atoms with Crippen molar-refractivity contribution in [3.8, 4) is 0 Å². The summed E-state index contributed by atoms with van der Waals surface area (Å²) in [6.45, 7) is 0.216. The number of amides is 1. The number of rotatable bonds is 6. The number of amidine groups is 1. The molecule has 0 aliphatic rings. The third-order valence-electron chi connectivity index (χ3n) is 2.79. The van der Waals surface area contributed by atoms with Gasteiger partial charge in [-0.15, -0.1) is 0 Å². The van der Waals surface area contributed by atoms with E-state index in [-0.39, 0.29) is 24.8 Å². The maximum atomic E-state index is 11.8. The number of hydrogen-bond donors (Lipinski definition) is 2. The molecule has 2 aromatic carbocycles. The number of anilines is 1. The monoisotopic (exact) mass is 351 g/mol. The Morgan fingerprint density at radius 3 is 2.70 bits per heavy atom. The zero-order valence-electron chi connectivity index (χ0n) is 12.1. The molecule has 120 valence electrons. The largest absolute Gasteiger partial charge is 0.389 e. The zero-order chi connectivity index (χ0) is 16.7. The zero-order valence-corrected chi connectivity index (χ0v) is 13.6. The molecule has 0 heterocycles. The van der Waals surface area contributed by atoms with E-state index in [0.29, 0.717) is 15.7 Å². The lowest BCUT2D eigenvalue weighted by Gasteiger charge is -2.06. The fourth-order valence-electron chi connectivity index (χ4n) is 1.77. The summed E-state index contributed by atoms with van der Waals surface area (Å²) < 4.78 is 0. The van der Waals surface area contributed by atoms with Crippen LogP contribution in [-0.4, -0.2) is 11.7 Å². The molecule has 0 saturated heterocycles. The maximum absolute atomic E-state index is 11.8. The van der Waals surface area contributed by atoms with Crippen LogP contribution < -0.4 is 11.1 Å². The van der Waals surface area contributed by atoms with Crippen molar-refractivity contribution in [1.82, 2.24) is 0 Å². The minimum Gasteiger partial charge on any atom is -0.389 e. The molecule has 1 amide bonds. The number of halogens is 2. The molecule has 0 atom stereocenters. The van der Waals surface area contributed by atoms with Gasteiger partial charge in [0.05, 0.1) is 17.1 Å². The fraction of sp³-hybridized carbons (Fsp3) is 0.125. The van der Waals surface area contributed by atoms with Gasteiger partial charge in [0, 0.05) is 5.02 Å². The Morgan fingerprint density at radius 2 is 1.96 bits per heavy atom. The number of oxime groups is 1. The van der Waals surface area contributed by atoms with Crippen LogP contribution >= 0.6 is 23.2 Å². The molecule has 3 N–H and O–H groups in total. The summed E-state index contributed by atoms with van der Waals surface area (Å²) in [5.74, 6) is -0.262. The molecular formula is C16H15Cl2N3O2. The molecule has 0 radical (unpaired) electrons. The highest BCUT2D eigenvalue weighted by Crippen LogP contribution is 2.20. The summed E-state index contributed by atoms with van der Waals surface area (Å²) in [5, 5.41) is 7.43. The topological polar surface area (TPSA) is 76.7 Å². The van der Waals surface area contributed by atoms with E-state index in [4.69, 9.17) is 33.8 Å². The van der Waals surface area contributed by atoms with E-state index in [1.807, 2.05) is 12.1 Å². The predicted molar refractivity (Wildman–Crippen MR) is 92.6 cm³/mol. The Bertz CT molecular complexity index is 720. The van der Waals surface area contributed by atoms with Gasteiger partial charge in [0.2, 0.25) is 5.91 Å². The van der Waals surface area contributed by atoms with Gasteiger partial charge in [-0.05, 0) is 29.8 Å². The first-order chi connectivity index (χ1) is 11.0. The molecule has 0 unspecified atom stereocenters. The Morgan fingerprint density at radius 1 is 1.17 bits per heavy atom. The third-order valence-corrected chi connectivity index (χ3v) is 3.36. The van der Waals surface area contributed by atoms with Crippen LogP contribution in [0.1, 0.15) is 12.0 Å². The van der Waals surface area contributed by atoms with Crippen LogP contribution in [0.15, 0.2) is 53.7 Å². The smallest absolute Gasteiger partial charge is 0.232 e. The van der Waals surface area contributed by atoms with Crippen molar-refractivity contribution >= 4 is 40.6 Å². The summed E-state index contributed by atoms with van der Waals surface area (Å²) >= 11 is 11.8. The number of nitrogens with two attached hydrogens (primary N) is 1. The van der Waals surface area contributed by atoms with Gasteiger partial charge < -0.3 is 15.9 Å². The van der Waals surface area contributed by atoms with Crippen LogP contribution in [0.2, 0.25) is 10.0 Å². The molecule has 0 aliphatic carbocycles. The first-order valence-corrected chi connectivity index (χ1v) is 7.53. The molecule has 7 heteroatoms. The van der Waals surface area contributed by atoms with Crippen molar-refractivity contribution in [2.45, 2.75) is 13.0 Å². The lowest BCUT2D eigenvalue weighted by atomic mass is 10.2. The van der Waals surface area contributed by atoms with Crippen molar-refractivity contribution in [2.24, 2.45) is 10.9 Å². The highest BCUT2D eigenvalue weighted by Gasteiger charge is 2.07. The Balaban J connectivity index is 1.82. The van der Waals surface area contributed by atoms with Crippen LogP contribution in [0.25, 0.3) is 0 Å². The first kappa shape index (κ1) is 17.1. The van der Waals surface area contributed by atoms with Gasteiger partial charge in [-0.1, -0.05) is 52.6 Å². The van der Waals surface area contributed by atoms with Gasteiger partial charge in [0.1, 0.15) is 12.4 Å². The minimum atomic E-state index is -0.328. The van der Waals surface area contributed by atoms with E-state index in [9.17, 15) is 4.79 Å². The fourth-order valence-corrected chi connectivity index (χ4v) is 2.17. The van der Waals surface area contributed by atoms with Gasteiger partial charge in [-0.2, -0.15) is 0 Å². The Labute approximate surface area is 144 Å². The lowest BCUT2D eigenvalue weighted by molar-refractivity contribution is -0.115.